The Kier molecular flexibility index (Phi) is 6.83. The number of likely N-dealkylation sites (N-methyl/N-ethyl adjacent to an activating group) is 1. The SMILES string of the molecule is C#Cc1c(F)ccc2cc(=O)[nH]c(-c3ncc4c(N(C)C[C@@H]5CCCN5)nc(N5CCC(C)(O)CC5)nc4c3F)c12. The number of aromatic nitrogens is 4. The van der Waals surface area contributed by atoms with Gasteiger partial charge in [-0.1, -0.05) is 12.0 Å². The fourth-order valence-corrected chi connectivity index (χ4v) is 5.82. The number of H-pyrrole nitrogens is 1. The minimum absolute atomic E-state index is 0.0152. The van der Waals surface area contributed by atoms with Crippen molar-refractivity contribution in [1.82, 2.24) is 25.3 Å². The van der Waals surface area contributed by atoms with Crippen molar-refractivity contribution in [2.75, 3.05) is 43.0 Å². The van der Waals surface area contributed by atoms with Crippen molar-refractivity contribution in [2.45, 2.75) is 44.2 Å². The zero-order chi connectivity index (χ0) is 28.9. The highest BCUT2D eigenvalue weighted by Gasteiger charge is 2.30. The van der Waals surface area contributed by atoms with Gasteiger partial charge in [-0.15, -0.1) is 6.42 Å². The van der Waals surface area contributed by atoms with Crippen molar-refractivity contribution in [3.05, 3.63) is 51.9 Å². The molecule has 1 atom stereocenters. The first-order valence-corrected chi connectivity index (χ1v) is 13.8. The van der Waals surface area contributed by atoms with Crippen LogP contribution < -0.4 is 20.7 Å². The number of aliphatic hydroxyl groups is 1. The molecule has 212 valence electrons. The molecule has 0 unspecified atom stereocenters. The Morgan fingerprint density at radius 2 is 2.05 bits per heavy atom. The van der Waals surface area contributed by atoms with Crippen LogP contribution >= 0.6 is 0 Å². The first-order valence-electron chi connectivity index (χ1n) is 13.8. The van der Waals surface area contributed by atoms with Gasteiger partial charge in [-0.25, -0.2) is 13.8 Å². The highest BCUT2D eigenvalue weighted by Crippen LogP contribution is 2.35. The first-order chi connectivity index (χ1) is 19.6. The number of hydrogen-bond donors (Lipinski definition) is 3. The summed E-state index contributed by atoms with van der Waals surface area (Å²) in [6.07, 6.45) is 10.3. The summed E-state index contributed by atoms with van der Waals surface area (Å²) in [5, 5.41) is 14.9. The Morgan fingerprint density at radius 1 is 1.27 bits per heavy atom. The van der Waals surface area contributed by atoms with Gasteiger partial charge in [-0.3, -0.25) is 9.78 Å². The third-order valence-corrected chi connectivity index (χ3v) is 8.15. The number of halogens is 2. The van der Waals surface area contributed by atoms with E-state index in [4.69, 9.17) is 11.4 Å². The minimum Gasteiger partial charge on any atom is -0.390 e. The summed E-state index contributed by atoms with van der Waals surface area (Å²) in [7, 11) is 1.91. The number of nitrogens with one attached hydrogen (secondary N) is 2. The number of rotatable bonds is 5. The summed E-state index contributed by atoms with van der Waals surface area (Å²) >= 11 is 0. The third-order valence-electron chi connectivity index (χ3n) is 8.15. The van der Waals surface area contributed by atoms with Crippen LogP contribution in [0.25, 0.3) is 33.1 Å². The lowest BCUT2D eigenvalue weighted by Crippen LogP contribution is -2.43. The Balaban J connectivity index is 1.55. The molecule has 0 saturated carbocycles. The Hall–Kier alpha value is -4.14. The molecular formula is C30H31F2N7O2. The van der Waals surface area contributed by atoms with E-state index in [-0.39, 0.29) is 33.9 Å². The molecule has 41 heavy (non-hydrogen) atoms. The monoisotopic (exact) mass is 559 g/mol. The summed E-state index contributed by atoms with van der Waals surface area (Å²) in [5.74, 6) is 1.75. The maximum Gasteiger partial charge on any atom is 0.249 e. The topological polar surface area (TPSA) is 110 Å². The van der Waals surface area contributed by atoms with Crippen molar-refractivity contribution in [1.29, 1.82) is 0 Å². The van der Waals surface area contributed by atoms with Crippen LogP contribution in [0.2, 0.25) is 0 Å². The zero-order valence-corrected chi connectivity index (χ0v) is 23.0. The van der Waals surface area contributed by atoms with Crippen LogP contribution in [-0.2, 0) is 0 Å². The molecule has 6 rings (SSSR count). The van der Waals surface area contributed by atoms with Gasteiger partial charge in [0.1, 0.15) is 22.8 Å². The first kappa shape index (κ1) is 27.1. The molecule has 3 aromatic heterocycles. The predicted octanol–water partition coefficient (Wildman–Crippen LogP) is 3.33. The van der Waals surface area contributed by atoms with Crippen LogP contribution in [0.4, 0.5) is 20.5 Å². The highest BCUT2D eigenvalue weighted by molar-refractivity contribution is 6.00. The second kappa shape index (κ2) is 10.4. The molecule has 2 aliphatic rings. The molecule has 2 aliphatic heterocycles. The maximum atomic E-state index is 16.6. The van der Waals surface area contributed by atoms with Gasteiger partial charge >= 0.3 is 0 Å². The Morgan fingerprint density at radius 3 is 2.76 bits per heavy atom. The van der Waals surface area contributed by atoms with Crippen LogP contribution in [0.15, 0.2) is 29.2 Å². The molecule has 0 radical (unpaired) electrons. The van der Waals surface area contributed by atoms with Crippen LogP contribution in [0.3, 0.4) is 0 Å². The second-order valence-corrected chi connectivity index (χ2v) is 11.2. The number of anilines is 2. The summed E-state index contributed by atoms with van der Waals surface area (Å²) < 4.78 is 31.2. The summed E-state index contributed by atoms with van der Waals surface area (Å²) in [5.41, 5.74) is -1.57. The number of hydrogen-bond acceptors (Lipinski definition) is 8. The molecule has 1 aromatic carbocycles. The number of nitrogens with zero attached hydrogens (tertiary/aromatic N) is 5. The number of aromatic amines is 1. The van der Waals surface area contributed by atoms with Crippen molar-refractivity contribution >= 4 is 33.4 Å². The third kappa shape index (κ3) is 4.98. The van der Waals surface area contributed by atoms with Crippen molar-refractivity contribution in [3.63, 3.8) is 0 Å². The Bertz CT molecular complexity index is 1750. The molecule has 9 nitrogen and oxygen atoms in total. The van der Waals surface area contributed by atoms with E-state index < -0.39 is 22.8 Å². The highest BCUT2D eigenvalue weighted by atomic mass is 19.1. The summed E-state index contributed by atoms with van der Waals surface area (Å²) in [4.78, 5) is 33.0. The number of pyridine rings is 2. The number of terminal acetylenes is 1. The van der Waals surface area contributed by atoms with E-state index in [2.05, 4.69) is 26.2 Å². The number of benzene rings is 1. The van der Waals surface area contributed by atoms with E-state index in [0.29, 0.717) is 55.0 Å². The average molecular weight is 560 g/mol. The van der Waals surface area contributed by atoms with Gasteiger partial charge in [0.15, 0.2) is 5.82 Å². The fraction of sp³-hybridized carbons (Fsp3) is 0.400. The van der Waals surface area contributed by atoms with E-state index >= 15 is 4.39 Å². The second-order valence-electron chi connectivity index (χ2n) is 11.2. The molecule has 0 aliphatic carbocycles. The molecule has 4 aromatic rings. The van der Waals surface area contributed by atoms with Gasteiger partial charge in [0.25, 0.3) is 0 Å². The summed E-state index contributed by atoms with van der Waals surface area (Å²) in [6.45, 7) is 4.42. The predicted molar refractivity (Wildman–Crippen MR) is 155 cm³/mol. The number of piperidine rings is 1. The largest absolute Gasteiger partial charge is 0.390 e. The van der Waals surface area contributed by atoms with Crippen LogP contribution in [-0.4, -0.2) is 69.9 Å². The molecule has 5 heterocycles. The lowest BCUT2D eigenvalue weighted by Gasteiger charge is -2.36. The quantitative estimate of drug-likeness (QED) is 0.320. The number of fused-ring (bicyclic) bond motifs is 2. The summed E-state index contributed by atoms with van der Waals surface area (Å²) in [6, 6.07) is 4.17. The molecule has 0 spiro atoms. The van der Waals surface area contributed by atoms with Crippen LogP contribution in [0.1, 0.15) is 38.2 Å². The van der Waals surface area contributed by atoms with E-state index in [0.717, 1.165) is 19.4 Å². The van der Waals surface area contributed by atoms with Gasteiger partial charge in [-0.05, 0) is 50.6 Å². The smallest absolute Gasteiger partial charge is 0.249 e. The molecule has 0 amide bonds. The molecule has 2 saturated heterocycles. The van der Waals surface area contributed by atoms with Gasteiger partial charge in [-0.2, -0.15) is 4.98 Å². The van der Waals surface area contributed by atoms with Crippen molar-refractivity contribution < 1.29 is 13.9 Å². The Labute approximate surface area is 235 Å². The van der Waals surface area contributed by atoms with E-state index in [9.17, 15) is 14.3 Å². The lowest BCUT2D eigenvalue weighted by molar-refractivity contribution is 0.0349. The van der Waals surface area contributed by atoms with Crippen molar-refractivity contribution in [2.24, 2.45) is 0 Å². The molecule has 3 N–H and O–H groups in total. The van der Waals surface area contributed by atoms with E-state index in [1.54, 1.807) is 6.92 Å². The maximum absolute atomic E-state index is 16.6. The fourth-order valence-electron chi connectivity index (χ4n) is 5.82. The minimum atomic E-state index is -0.784. The normalized spacial score (nSPS) is 18.6. The van der Waals surface area contributed by atoms with Crippen LogP contribution in [0, 0.1) is 24.0 Å². The van der Waals surface area contributed by atoms with E-state index in [1.165, 1.54) is 24.4 Å². The standard InChI is InChI=1S/C30H31F2N7O2/c1-4-19-21(31)8-7-17-14-22(40)35-26(23(17)19)27-24(32)25-20(15-34-27)28(38(3)16-18-6-5-11-33-18)37-29(36-25)39-12-9-30(2,41)10-13-39/h1,7-8,14-15,18,33,41H,5-6,9-13,16H2,2-3H3,(H,35,40)/t18-/m0/s1. The molecule has 0 bridgehead atoms. The van der Waals surface area contributed by atoms with Gasteiger partial charge in [0.05, 0.1) is 22.2 Å². The van der Waals surface area contributed by atoms with E-state index in [1.807, 2.05) is 16.8 Å². The molecular weight excluding hydrogens is 528 g/mol. The average Bonchev–Trinajstić information content (AvgIpc) is 3.46. The molecule has 11 heteroatoms. The molecule has 2 fully saturated rings. The van der Waals surface area contributed by atoms with Crippen molar-refractivity contribution in [3.8, 4) is 23.7 Å². The van der Waals surface area contributed by atoms with Gasteiger partial charge < -0.3 is 25.2 Å². The van der Waals surface area contributed by atoms with Gasteiger partial charge in [0.2, 0.25) is 11.5 Å². The zero-order valence-electron chi connectivity index (χ0n) is 23.0. The van der Waals surface area contributed by atoms with Crippen LogP contribution in [0.5, 0.6) is 0 Å². The van der Waals surface area contributed by atoms with Gasteiger partial charge in [0, 0.05) is 50.4 Å². The lowest BCUT2D eigenvalue weighted by atomic mass is 9.94.